The molecule has 2 aromatic rings. The molecule has 1 atom stereocenters. The zero-order valence-electron chi connectivity index (χ0n) is 19.0. The van der Waals surface area contributed by atoms with E-state index in [1.807, 2.05) is 10.0 Å². The summed E-state index contributed by atoms with van der Waals surface area (Å²) >= 11 is 0. The summed E-state index contributed by atoms with van der Waals surface area (Å²) in [5, 5.41) is 34.1. The highest BCUT2D eigenvalue weighted by Gasteiger charge is 2.25. The van der Waals surface area contributed by atoms with Crippen LogP contribution in [0.15, 0.2) is 48.5 Å². The average molecular weight is 558 g/mol. The van der Waals surface area contributed by atoms with Crippen LogP contribution in [0.1, 0.15) is 15.9 Å². The topological polar surface area (TPSA) is 247 Å². The third kappa shape index (κ3) is 10.2. The second kappa shape index (κ2) is 13.8. The number of rotatable bonds is 11. The first kappa shape index (κ1) is 30.9. The molecule has 200 valence electrons. The number of benzene rings is 2. The first-order valence-corrected chi connectivity index (χ1v) is 11.7. The van der Waals surface area contributed by atoms with Crippen molar-refractivity contribution in [1.29, 1.82) is 5.41 Å². The lowest BCUT2D eigenvalue weighted by Gasteiger charge is -2.16. The predicted octanol–water partition coefficient (Wildman–Crippen LogP) is -0.825. The number of aliphatic hydroxyl groups is 1. The normalized spacial score (nSPS) is 11.4. The average Bonchev–Trinajstić information content (AvgIpc) is 2.80. The Bertz CT molecular complexity index is 1270. The summed E-state index contributed by atoms with van der Waals surface area (Å²) in [6.07, 6.45) is 0. The number of carbonyl (C=O) groups excluding carboxylic acids is 3. The van der Waals surface area contributed by atoms with Crippen molar-refractivity contribution >= 4 is 57.5 Å². The Kier molecular flexibility index (Phi) is 11.6. The van der Waals surface area contributed by atoms with Gasteiger partial charge in [-0.15, -0.1) is 12.4 Å². The van der Waals surface area contributed by atoms with Crippen LogP contribution in [0.5, 0.6) is 0 Å². The van der Waals surface area contributed by atoms with Crippen LogP contribution in [-0.4, -0.2) is 61.3 Å². The molecule has 0 heterocycles. The molecule has 0 aromatic heterocycles. The van der Waals surface area contributed by atoms with E-state index in [9.17, 15) is 38.0 Å². The number of non-ortho nitro benzene ring substituents is 1. The molecule has 0 spiro atoms. The Labute approximate surface area is 216 Å². The Morgan fingerprint density at radius 1 is 1.14 bits per heavy atom. The number of nitrogens with zero attached hydrogens (tertiary/aromatic N) is 1. The number of nitrogens with two attached hydrogens (primary N) is 1. The number of hydrogen-bond acceptors (Lipinski definition) is 9. The summed E-state index contributed by atoms with van der Waals surface area (Å²) in [6, 6.07) is 8.87. The van der Waals surface area contributed by atoms with Gasteiger partial charge < -0.3 is 21.5 Å². The molecule has 37 heavy (non-hydrogen) atoms. The highest BCUT2D eigenvalue weighted by Crippen LogP contribution is 2.15. The molecule has 0 bridgehead atoms. The van der Waals surface area contributed by atoms with Crippen molar-refractivity contribution in [3.05, 3.63) is 69.8 Å². The molecule has 0 aliphatic rings. The van der Waals surface area contributed by atoms with Gasteiger partial charge in [0.2, 0.25) is 21.8 Å². The summed E-state index contributed by atoms with van der Waals surface area (Å²) in [5.41, 5.74) is 5.51. The maximum absolute atomic E-state index is 12.4. The molecule has 0 fully saturated rings. The maximum Gasteiger partial charge on any atom is 0.269 e. The number of guanidine groups is 1. The van der Waals surface area contributed by atoms with Crippen LogP contribution in [0.4, 0.5) is 11.4 Å². The number of nitro groups is 1. The van der Waals surface area contributed by atoms with Crippen molar-refractivity contribution in [3.63, 3.8) is 0 Å². The molecule has 0 radical (unpaired) electrons. The largest absolute Gasteiger partial charge is 0.394 e. The van der Waals surface area contributed by atoms with Crippen LogP contribution >= 0.6 is 12.4 Å². The number of nitrogens with one attached hydrogen (secondary N) is 5. The number of carbonyl (C=O) groups is 3. The zero-order valence-corrected chi connectivity index (χ0v) is 20.6. The summed E-state index contributed by atoms with van der Waals surface area (Å²) < 4.78 is 26.7. The van der Waals surface area contributed by atoms with Gasteiger partial charge in [-0.2, -0.15) is 0 Å². The summed E-state index contributed by atoms with van der Waals surface area (Å²) in [7, 11) is -4.21. The monoisotopic (exact) mass is 557 g/mol. The fraction of sp³-hybridized carbons (Fsp3) is 0.200. The van der Waals surface area contributed by atoms with E-state index in [-0.39, 0.29) is 35.2 Å². The minimum absolute atomic E-state index is 0. The lowest BCUT2D eigenvalue weighted by atomic mass is 10.2. The van der Waals surface area contributed by atoms with Crippen LogP contribution < -0.4 is 26.4 Å². The molecule has 0 saturated carbocycles. The van der Waals surface area contributed by atoms with Crippen molar-refractivity contribution in [2.24, 2.45) is 5.73 Å². The summed E-state index contributed by atoms with van der Waals surface area (Å²) in [5.74, 6) is -3.72. The van der Waals surface area contributed by atoms with Crippen LogP contribution in [0, 0.1) is 15.5 Å². The van der Waals surface area contributed by atoms with E-state index >= 15 is 0 Å². The Morgan fingerprint density at radius 2 is 1.78 bits per heavy atom. The number of anilines is 1. The molecule has 2 aromatic carbocycles. The smallest absolute Gasteiger partial charge is 0.269 e. The van der Waals surface area contributed by atoms with Gasteiger partial charge in [0.1, 0.15) is 6.04 Å². The molecule has 8 N–H and O–H groups in total. The van der Waals surface area contributed by atoms with E-state index in [1.54, 1.807) is 0 Å². The predicted molar refractivity (Wildman–Crippen MR) is 134 cm³/mol. The first-order valence-electron chi connectivity index (χ1n) is 10.1. The highest BCUT2D eigenvalue weighted by molar-refractivity contribution is 7.88. The second-order valence-corrected chi connectivity index (χ2v) is 9.00. The summed E-state index contributed by atoms with van der Waals surface area (Å²) in [6.45, 7) is -1.64. The van der Waals surface area contributed by atoms with E-state index in [4.69, 9.17) is 11.1 Å². The fourth-order valence-corrected chi connectivity index (χ4v) is 4.12. The van der Waals surface area contributed by atoms with Gasteiger partial charge in [0.05, 0.1) is 23.8 Å². The van der Waals surface area contributed by atoms with E-state index in [2.05, 4.69) is 10.6 Å². The molecular formula is C20H24ClN7O8S. The minimum atomic E-state index is -4.21. The van der Waals surface area contributed by atoms with Gasteiger partial charge in [-0.3, -0.25) is 35.2 Å². The minimum Gasteiger partial charge on any atom is -0.394 e. The fourth-order valence-electron chi connectivity index (χ4n) is 2.81. The number of amides is 3. The van der Waals surface area contributed by atoms with E-state index in [0.29, 0.717) is 5.69 Å². The van der Waals surface area contributed by atoms with Crippen LogP contribution in [0.3, 0.4) is 0 Å². The third-order valence-corrected chi connectivity index (χ3v) is 5.76. The van der Waals surface area contributed by atoms with Crippen molar-refractivity contribution in [2.45, 2.75) is 11.8 Å². The van der Waals surface area contributed by atoms with E-state index < -0.39 is 57.6 Å². The number of nitro benzene ring substituents is 1. The van der Waals surface area contributed by atoms with Gasteiger partial charge >= 0.3 is 0 Å². The zero-order chi connectivity index (χ0) is 26.9. The van der Waals surface area contributed by atoms with Gasteiger partial charge in [-0.25, -0.2) is 13.1 Å². The van der Waals surface area contributed by atoms with Gasteiger partial charge in [-0.05, 0) is 29.8 Å². The van der Waals surface area contributed by atoms with Gasteiger partial charge in [0.15, 0.2) is 5.96 Å². The molecule has 2 rings (SSSR count). The quantitative estimate of drug-likeness (QED) is 0.0781. The standard InChI is InChI=1S/C20H23N7O8S.ClH/c21-20(22)24-14-6-4-13(5-7-14)18(30)25-17(29)9-23-19(31)16(10-28)26-36(34,35)11-12-2-1-3-15(8-12)27(32)33;/h1-8,16,26,28H,9-11H2,(H,23,31)(H4,21,22,24)(H,25,29,30);1H/t16-;/m0./s1. The first-order chi connectivity index (χ1) is 16.9. The number of halogens is 1. The highest BCUT2D eigenvalue weighted by atomic mass is 35.5. The van der Waals surface area contributed by atoms with E-state index in [1.165, 1.54) is 42.5 Å². The van der Waals surface area contributed by atoms with Crippen molar-refractivity contribution < 1.29 is 32.8 Å². The van der Waals surface area contributed by atoms with Gasteiger partial charge in [-0.1, -0.05) is 12.1 Å². The lowest BCUT2D eigenvalue weighted by molar-refractivity contribution is -0.384. The van der Waals surface area contributed by atoms with E-state index in [0.717, 1.165) is 6.07 Å². The molecule has 0 unspecified atom stereocenters. The second-order valence-electron chi connectivity index (χ2n) is 7.25. The van der Waals surface area contributed by atoms with Crippen LogP contribution in [0.2, 0.25) is 0 Å². The SMILES string of the molecule is Cl.N=C(N)Nc1ccc(C(=O)NC(=O)CNC(=O)[C@H](CO)NS(=O)(=O)Cc2cccc([N+](=O)[O-])c2)cc1. The van der Waals surface area contributed by atoms with Gasteiger partial charge in [0.25, 0.3) is 11.6 Å². The lowest BCUT2D eigenvalue weighted by Crippen LogP contribution is -2.51. The van der Waals surface area contributed by atoms with Crippen molar-refractivity contribution in [3.8, 4) is 0 Å². The number of imide groups is 1. The number of aliphatic hydroxyl groups excluding tert-OH is 1. The van der Waals surface area contributed by atoms with Crippen molar-refractivity contribution in [1.82, 2.24) is 15.4 Å². The van der Waals surface area contributed by atoms with Crippen LogP contribution in [0.25, 0.3) is 0 Å². The van der Waals surface area contributed by atoms with Crippen molar-refractivity contribution in [2.75, 3.05) is 18.5 Å². The Hall–Kier alpha value is -4.12. The molecule has 17 heteroatoms. The molecule has 15 nitrogen and oxygen atoms in total. The molecule has 0 aliphatic carbocycles. The Balaban J connectivity index is 0.00000684. The third-order valence-electron chi connectivity index (χ3n) is 4.40. The number of sulfonamides is 1. The van der Waals surface area contributed by atoms with Gasteiger partial charge in [0, 0.05) is 23.4 Å². The molecule has 0 aliphatic heterocycles. The molecule has 0 saturated heterocycles. The maximum atomic E-state index is 12.4. The molecule has 3 amide bonds. The Morgan fingerprint density at radius 3 is 2.35 bits per heavy atom. The molecular weight excluding hydrogens is 534 g/mol. The summed E-state index contributed by atoms with van der Waals surface area (Å²) in [4.78, 5) is 46.6. The van der Waals surface area contributed by atoms with Crippen LogP contribution in [-0.2, 0) is 25.4 Å². The number of hydrogen-bond donors (Lipinski definition) is 7.